The molecule has 0 saturated heterocycles. The molecule has 4 nitrogen and oxygen atoms in total. The smallest absolute Gasteiger partial charge is 0.175 e. The zero-order valence-electron chi connectivity index (χ0n) is 14.3. The lowest BCUT2D eigenvalue weighted by Crippen LogP contribution is -2.18. The Hall–Kier alpha value is -1.46. The quantitative estimate of drug-likeness (QED) is 0.739. The Bertz CT molecular complexity index is 667. The zero-order chi connectivity index (χ0) is 17.0. The lowest BCUT2D eigenvalue weighted by molar-refractivity contribution is 0.308. The molecule has 1 aromatic carbocycles. The first-order chi connectivity index (χ1) is 11.0. The van der Waals surface area contributed by atoms with Crippen molar-refractivity contribution in [1.82, 2.24) is 5.32 Å². The molecule has 0 bridgehead atoms. The molecular formula is C18H24BrNO3. The third kappa shape index (κ3) is 4.30. The summed E-state index contributed by atoms with van der Waals surface area (Å²) in [5.74, 6) is 3.39. The third-order valence-electron chi connectivity index (χ3n) is 3.74. The van der Waals surface area contributed by atoms with Crippen molar-refractivity contribution in [1.29, 1.82) is 0 Å². The van der Waals surface area contributed by atoms with Gasteiger partial charge in [-0.3, -0.25) is 0 Å². The molecule has 0 aliphatic heterocycles. The Balaban J connectivity index is 2.11. The molecule has 1 unspecified atom stereocenters. The van der Waals surface area contributed by atoms with Crippen molar-refractivity contribution in [2.24, 2.45) is 0 Å². The van der Waals surface area contributed by atoms with Crippen LogP contribution in [0.1, 0.15) is 42.5 Å². The number of rotatable bonds is 7. The van der Waals surface area contributed by atoms with E-state index in [1.807, 2.05) is 26.8 Å². The van der Waals surface area contributed by atoms with Crippen LogP contribution in [0.5, 0.6) is 11.5 Å². The molecule has 2 aromatic rings. The van der Waals surface area contributed by atoms with Crippen molar-refractivity contribution in [2.75, 3.05) is 13.7 Å². The normalized spacial score (nSPS) is 12.3. The summed E-state index contributed by atoms with van der Waals surface area (Å²) in [6.07, 6.45) is 0. The zero-order valence-corrected chi connectivity index (χ0v) is 15.9. The molecule has 0 aliphatic rings. The van der Waals surface area contributed by atoms with Crippen LogP contribution in [0, 0.1) is 13.8 Å². The molecule has 126 valence electrons. The molecule has 1 heterocycles. The van der Waals surface area contributed by atoms with Gasteiger partial charge < -0.3 is 19.2 Å². The van der Waals surface area contributed by atoms with E-state index in [9.17, 15) is 0 Å². The van der Waals surface area contributed by atoms with E-state index < -0.39 is 0 Å². The minimum absolute atomic E-state index is 0.212. The van der Waals surface area contributed by atoms with E-state index in [1.165, 1.54) is 5.56 Å². The van der Waals surface area contributed by atoms with Gasteiger partial charge >= 0.3 is 0 Å². The van der Waals surface area contributed by atoms with Crippen LogP contribution in [0.15, 0.2) is 27.1 Å². The van der Waals surface area contributed by atoms with Crippen molar-refractivity contribution < 1.29 is 13.9 Å². The van der Waals surface area contributed by atoms with Crippen LogP contribution in [-0.4, -0.2) is 13.7 Å². The molecular weight excluding hydrogens is 358 g/mol. The van der Waals surface area contributed by atoms with Gasteiger partial charge in [-0.1, -0.05) is 0 Å². The fraction of sp³-hybridized carbons (Fsp3) is 0.444. The molecule has 1 atom stereocenters. The SMILES string of the molecule is CCOc1c(Br)cc(CNC(C)c2cc(C)oc2C)cc1OC. The first-order valence-corrected chi connectivity index (χ1v) is 8.55. The maximum Gasteiger partial charge on any atom is 0.175 e. The van der Waals surface area contributed by atoms with Gasteiger partial charge in [0.1, 0.15) is 11.5 Å². The Morgan fingerprint density at radius 2 is 2.00 bits per heavy atom. The molecule has 0 aliphatic carbocycles. The molecule has 1 N–H and O–H groups in total. The Labute approximate surface area is 146 Å². The first kappa shape index (κ1) is 17.9. The summed E-state index contributed by atoms with van der Waals surface area (Å²) >= 11 is 3.56. The highest BCUT2D eigenvalue weighted by molar-refractivity contribution is 9.10. The average molecular weight is 382 g/mol. The highest BCUT2D eigenvalue weighted by Gasteiger charge is 2.14. The van der Waals surface area contributed by atoms with Crippen molar-refractivity contribution in [3.05, 3.63) is 45.3 Å². The van der Waals surface area contributed by atoms with Gasteiger partial charge in [0, 0.05) is 18.2 Å². The fourth-order valence-corrected chi connectivity index (χ4v) is 3.22. The van der Waals surface area contributed by atoms with E-state index in [2.05, 4.69) is 40.3 Å². The number of ether oxygens (including phenoxy) is 2. The van der Waals surface area contributed by atoms with Gasteiger partial charge in [0.15, 0.2) is 11.5 Å². The number of aryl methyl sites for hydroxylation is 2. The van der Waals surface area contributed by atoms with Crippen LogP contribution >= 0.6 is 15.9 Å². The number of methoxy groups -OCH3 is 1. The Morgan fingerprint density at radius 3 is 2.57 bits per heavy atom. The van der Waals surface area contributed by atoms with Gasteiger partial charge in [-0.15, -0.1) is 0 Å². The third-order valence-corrected chi connectivity index (χ3v) is 4.33. The molecule has 5 heteroatoms. The maximum atomic E-state index is 5.62. The van der Waals surface area contributed by atoms with Crippen LogP contribution in [0.25, 0.3) is 0 Å². The van der Waals surface area contributed by atoms with Gasteiger partial charge in [-0.2, -0.15) is 0 Å². The number of furan rings is 1. The summed E-state index contributed by atoms with van der Waals surface area (Å²) < 4.78 is 17.6. The highest BCUT2D eigenvalue weighted by atomic mass is 79.9. The monoisotopic (exact) mass is 381 g/mol. The van der Waals surface area contributed by atoms with Crippen molar-refractivity contribution in [2.45, 2.75) is 40.3 Å². The van der Waals surface area contributed by atoms with Gasteiger partial charge in [0.2, 0.25) is 0 Å². The summed E-state index contributed by atoms with van der Waals surface area (Å²) in [5.41, 5.74) is 2.32. The molecule has 2 rings (SSSR count). The number of halogens is 1. The predicted molar refractivity (Wildman–Crippen MR) is 95.3 cm³/mol. The van der Waals surface area contributed by atoms with E-state index in [4.69, 9.17) is 13.9 Å². The van der Waals surface area contributed by atoms with Gasteiger partial charge in [-0.05, 0) is 67.4 Å². The Kier molecular flexibility index (Phi) is 6.13. The van der Waals surface area contributed by atoms with Crippen LogP contribution in [-0.2, 0) is 6.54 Å². The lowest BCUT2D eigenvalue weighted by Gasteiger charge is -2.16. The predicted octanol–water partition coefficient (Wildman–Crippen LogP) is 4.92. The minimum Gasteiger partial charge on any atom is -0.493 e. The average Bonchev–Trinajstić information content (AvgIpc) is 2.85. The van der Waals surface area contributed by atoms with Gasteiger partial charge in [0.05, 0.1) is 18.2 Å². The van der Waals surface area contributed by atoms with Gasteiger partial charge in [0.25, 0.3) is 0 Å². The van der Waals surface area contributed by atoms with E-state index in [0.717, 1.165) is 39.6 Å². The molecule has 1 aromatic heterocycles. The van der Waals surface area contributed by atoms with Crippen LogP contribution in [0.3, 0.4) is 0 Å². The molecule has 0 fully saturated rings. The van der Waals surface area contributed by atoms with Crippen molar-refractivity contribution in [3.8, 4) is 11.5 Å². The van der Waals surface area contributed by atoms with E-state index in [1.54, 1.807) is 7.11 Å². The maximum absolute atomic E-state index is 5.62. The second-order valence-corrected chi connectivity index (χ2v) is 6.37. The largest absolute Gasteiger partial charge is 0.493 e. The molecule has 0 spiro atoms. The fourth-order valence-electron chi connectivity index (χ4n) is 2.62. The number of hydrogen-bond acceptors (Lipinski definition) is 4. The molecule has 0 radical (unpaired) electrons. The second kappa shape index (κ2) is 7.88. The van der Waals surface area contributed by atoms with Crippen LogP contribution in [0.4, 0.5) is 0 Å². The summed E-state index contributed by atoms with van der Waals surface area (Å²) in [6, 6.07) is 6.36. The standard InChI is InChI=1S/C18H24BrNO3/c1-6-22-18-16(19)8-14(9-17(18)21-5)10-20-12(3)15-7-11(2)23-13(15)4/h7-9,12,20H,6,10H2,1-5H3. The highest BCUT2D eigenvalue weighted by Crippen LogP contribution is 2.36. The number of hydrogen-bond donors (Lipinski definition) is 1. The number of nitrogens with one attached hydrogen (secondary N) is 1. The summed E-state index contributed by atoms with van der Waals surface area (Å²) in [6.45, 7) is 9.39. The van der Waals surface area contributed by atoms with E-state index >= 15 is 0 Å². The lowest BCUT2D eigenvalue weighted by atomic mass is 10.1. The van der Waals surface area contributed by atoms with Crippen LogP contribution in [0.2, 0.25) is 0 Å². The Morgan fingerprint density at radius 1 is 1.26 bits per heavy atom. The van der Waals surface area contributed by atoms with Crippen molar-refractivity contribution >= 4 is 15.9 Å². The topological polar surface area (TPSA) is 43.6 Å². The van der Waals surface area contributed by atoms with Crippen molar-refractivity contribution in [3.63, 3.8) is 0 Å². The first-order valence-electron chi connectivity index (χ1n) is 7.75. The molecule has 0 saturated carbocycles. The van der Waals surface area contributed by atoms with E-state index in [0.29, 0.717) is 6.61 Å². The second-order valence-electron chi connectivity index (χ2n) is 5.51. The van der Waals surface area contributed by atoms with Crippen LogP contribution < -0.4 is 14.8 Å². The molecule has 23 heavy (non-hydrogen) atoms. The summed E-state index contributed by atoms with van der Waals surface area (Å²) in [7, 11) is 1.65. The summed E-state index contributed by atoms with van der Waals surface area (Å²) in [4.78, 5) is 0. The van der Waals surface area contributed by atoms with Gasteiger partial charge in [-0.25, -0.2) is 0 Å². The number of benzene rings is 1. The minimum atomic E-state index is 0.212. The van der Waals surface area contributed by atoms with E-state index in [-0.39, 0.29) is 6.04 Å². The summed E-state index contributed by atoms with van der Waals surface area (Å²) in [5, 5.41) is 3.52. The molecule has 0 amide bonds.